The van der Waals surface area contributed by atoms with Gasteiger partial charge in [-0.2, -0.15) is 0 Å². The van der Waals surface area contributed by atoms with E-state index < -0.39 is 12.1 Å². The predicted octanol–water partition coefficient (Wildman–Crippen LogP) is 2.93. The van der Waals surface area contributed by atoms with Gasteiger partial charge in [0.1, 0.15) is 0 Å². The molecule has 2 aliphatic rings. The standard InChI is InChI=1S/C26H32N2O4/c29-17-23(19-9-3-1-4-10-19)27-15-7-13-21(25(27)31)22-14-8-16-28(26(22)32)24(18-30)20-11-5-2-6-12-20/h1-6,9-12,21-24,29-30H,7-8,13-18H2/t21-,22-,23-,24-/m0/s1. The summed E-state index contributed by atoms with van der Waals surface area (Å²) in [5.74, 6) is -0.849. The summed E-state index contributed by atoms with van der Waals surface area (Å²) in [6, 6.07) is 18.4. The third-order valence-corrected chi connectivity index (χ3v) is 6.98. The highest BCUT2D eigenvalue weighted by Gasteiger charge is 2.44. The van der Waals surface area contributed by atoms with Crippen LogP contribution in [0.25, 0.3) is 0 Å². The molecule has 0 aliphatic carbocycles. The maximum Gasteiger partial charge on any atom is 0.227 e. The topological polar surface area (TPSA) is 81.1 Å². The van der Waals surface area contributed by atoms with Crippen molar-refractivity contribution in [2.45, 2.75) is 37.8 Å². The molecule has 0 unspecified atom stereocenters. The molecule has 0 bridgehead atoms. The number of benzene rings is 2. The summed E-state index contributed by atoms with van der Waals surface area (Å²) < 4.78 is 0. The zero-order valence-electron chi connectivity index (χ0n) is 18.3. The molecule has 2 heterocycles. The van der Waals surface area contributed by atoms with Crippen LogP contribution >= 0.6 is 0 Å². The lowest BCUT2D eigenvalue weighted by Crippen LogP contribution is -2.52. The molecule has 0 radical (unpaired) electrons. The lowest BCUT2D eigenvalue weighted by Gasteiger charge is -2.44. The Kier molecular flexibility index (Phi) is 7.22. The van der Waals surface area contributed by atoms with E-state index >= 15 is 0 Å². The van der Waals surface area contributed by atoms with Crippen LogP contribution in [0.1, 0.15) is 48.9 Å². The molecule has 2 aliphatic heterocycles. The van der Waals surface area contributed by atoms with Gasteiger partial charge in [0, 0.05) is 24.9 Å². The number of aliphatic hydroxyl groups is 2. The largest absolute Gasteiger partial charge is 0.394 e. The van der Waals surface area contributed by atoms with Crippen molar-refractivity contribution in [1.82, 2.24) is 9.80 Å². The van der Waals surface area contributed by atoms with Crippen molar-refractivity contribution in [1.29, 1.82) is 0 Å². The predicted molar refractivity (Wildman–Crippen MR) is 121 cm³/mol. The fourth-order valence-corrected chi connectivity index (χ4v) is 5.34. The molecule has 0 saturated carbocycles. The van der Waals surface area contributed by atoms with Gasteiger partial charge in [0.15, 0.2) is 0 Å². The first-order valence-electron chi connectivity index (χ1n) is 11.6. The van der Waals surface area contributed by atoms with Crippen LogP contribution in [0, 0.1) is 11.8 Å². The van der Waals surface area contributed by atoms with E-state index in [0.29, 0.717) is 25.9 Å². The number of aliphatic hydroxyl groups excluding tert-OH is 2. The number of nitrogens with zero attached hydrogens (tertiary/aromatic N) is 2. The van der Waals surface area contributed by atoms with Crippen LogP contribution in [-0.4, -0.2) is 58.1 Å². The van der Waals surface area contributed by atoms with Crippen molar-refractivity contribution in [2.75, 3.05) is 26.3 Å². The molecule has 2 aromatic carbocycles. The molecular weight excluding hydrogens is 404 g/mol. The van der Waals surface area contributed by atoms with Gasteiger partial charge in [0.05, 0.1) is 25.3 Å². The van der Waals surface area contributed by atoms with Crippen molar-refractivity contribution in [3.63, 3.8) is 0 Å². The quantitative estimate of drug-likeness (QED) is 0.699. The highest BCUT2D eigenvalue weighted by molar-refractivity contribution is 5.89. The molecule has 0 spiro atoms. The van der Waals surface area contributed by atoms with Gasteiger partial charge in [0.25, 0.3) is 0 Å². The van der Waals surface area contributed by atoms with Crippen LogP contribution in [0.3, 0.4) is 0 Å². The molecule has 2 N–H and O–H groups in total. The van der Waals surface area contributed by atoms with Crippen LogP contribution in [0.15, 0.2) is 60.7 Å². The zero-order chi connectivity index (χ0) is 22.5. The van der Waals surface area contributed by atoms with Crippen molar-refractivity contribution in [3.05, 3.63) is 71.8 Å². The lowest BCUT2D eigenvalue weighted by molar-refractivity contribution is -0.155. The first kappa shape index (κ1) is 22.5. The molecule has 4 atom stereocenters. The Balaban J connectivity index is 1.54. The van der Waals surface area contributed by atoms with Gasteiger partial charge in [-0.1, -0.05) is 60.7 Å². The molecule has 2 amide bonds. The second-order valence-corrected chi connectivity index (χ2v) is 8.78. The zero-order valence-corrected chi connectivity index (χ0v) is 18.3. The molecule has 32 heavy (non-hydrogen) atoms. The first-order chi connectivity index (χ1) is 15.7. The van der Waals surface area contributed by atoms with Crippen molar-refractivity contribution < 1.29 is 19.8 Å². The Morgan fingerprint density at radius 1 is 0.688 bits per heavy atom. The Morgan fingerprint density at radius 2 is 1.06 bits per heavy atom. The summed E-state index contributed by atoms with van der Waals surface area (Å²) in [6.45, 7) is 0.883. The normalized spacial score (nSPS) is 23.8. The Morgan fingerprint density at radius 3 is 1.41 bits per heavy atom. The average molecular weight is 437 g/mol. The van der Waals surface area contributed by atoms with E-state index in [1.165, 1.54) is 0 Å². The second kappa shape index (κ2) is 10.3. The molecule has 2 aromatic rings. The maximum atomic E-state index is 13.6. The Labute approximate surface area is 189 Å². The second-order valence-electron chi connectivity index (χ2n) is 8.78. The van der Waals surface area contributed by atoms with E-state index in [4.69, 9.17) is 0 Å². The van der Waals surface area contributed by atoms with E-state index in [1.54, 1.807) is 9.80 Å². The van der Waals surface area contributed by atoms with Gasteiger partial charge in [-0.05, 0) is 36.8 Å². The van der Waals surface area contributed by atoms with E-state index in [1.807, 2.05) is 60.7 Å². The smallest absolute Gasteiger partial charge is 0.227 e. The maximum absolute atomic E-state index is 13.6. The van der Waals surface area contributed by atoms with E-state index in [2.05, 4.69) is 0 Å². The lowest BCUT2D eigenvalue weighted by atomic mass is 9.78. The number of likely N-dealkylation sites (tertiary alicyclic amines) is 2. The van der Waals surface area contributed by atoms with Gasteiger partial charge in [0.2, 0.25) is 11.8 Å². The van der Waals surface area contributed by atoms with Crippen LogP contribution in [-0.2, 0) is 9.59 Å². The number of hydrogen-bond acceptors (Lipinski definition) is 4. The first-order valence-corrected chi connectivity index (χ1v) is 11.6. The van der Waals surface area contributed by atoms with Gasteiger partial charge in [-0.3, -0.25) is 9.59 Å². The van der Waals surface area contributed by atoms with Crippen LogP contribution < -0.4 is 0 Å². The molecular formula is C26H32N2O4. The monoisotopic (exact) mass is 436 g/mol. The minimum Gasteiger partial charge on any atom is -0.394 e. The molecule has 0 aromatic heterocycles. The van der Waals surface area contributed by atoms with Crippen LogP contribution in [0.5, 0.6) is 0 Å². The number of rotatable bonds is 7. The van der Waals surface area contributed by atoms with Crippen molar-refractivity contribution >= 4 is 11.8 Å². The molecule has 2 fully saturated rings. The minimum absolute atomic E-state index is 0.0420. The Bertz CT molecular complexity index is 829. The molecule has 2 saturated heterocycles. The summed E-state index contributed by atoms with van der Waals surface area (Å²) in [5, 5.41) is 20.1. The van der Waals surface area contributed by atoms with Gasteiger partial charge < -0.3 is 20.0 Å². The highest BCUT2D eigenvalue weighted by atomic mass is 16.3. The summed E-state index contributed by atoms with van der Waals surface area (Å²) in [5.41, 5.74) is 1.81. The van der Waals surface area contributed by atoms with Gasteiger partial charge in [-0.25, -0.2) is 0 Å². The molecule has 4 rings (SSSR count). The minimum atomic E-state index is -0.393. The van der Waals surface area contributed by atoms with Crippen LogP contribution in [0.4, 0.5) is 0 Å². The number of carbonyl (C=O) groups excluding carboxylic acids is 2. The fourth-order valence-electron chi connectivity index (χ4n) is 5.34. The molecule has 170 valence electrons. The van der Waals surface area contributed by atoms with Gasteiger partial charge >= 0.3 is 0 Å². The van der Waals surface area contributed by atoms with E-state index in [9.17, 15) is 19.8 Å². The number of carbonyl (C=O) groups is 2. The average Bonchev–Trinajstić information content (AvgIpc) is 2.84. The summed E-state index contributed by atoms with van der Waals surface area (Å²) in [4.78, 5) is 30.6. The van der Waals surface area contributed by atoms with Crippen molar-refractivity contribution in [2.24, 2.45) is 11.8 Å². The number of piperidine rings is 2. The highest BCUT2D eigenvalue weighted by Crippen LogP contribution is 2.37. The SMILES string of the molecule is O=C1[C@H]([C@@H]2CCCN([C@@H](CO)c3ccccc3)C2=O)CCCN1[C@@H](CO)c1ccccc1. The summed E-state index contributed by atoms with van der Waals surface area (Å²) in [6.07, 6.45) is 2.99. The third-order valence-electron chi connectivity index (χ3n) is 6.98. The number of amides is 2. The van der Waals surface area contributed by atoms with Crippen LogP contribution in [0.2, 0.25) is 0 Å². The Hall–Kier alpha value is -2.70. The van der Waals surface area contributed by atoms with E-state index in [0.717, 1.165) is 24.0 Å². The van der Waals surface area contributed by atoms with E-state index in [-0.39, 0.29) is 36.9 Å². The fraction of sp³-hybridized carbons (Fsp3) is 0.462. The third kappa shape index (κ3) is 4.43. The molecule has 6 nitrogen and oxygen atoms in total. The summed E-state index contributed by atoms with van der Waals surface area (Å²) in [7, 11) is 0. The van der Waals surface area contributed by atoms with Crippen molar-refractivity contribution in [3.8, 4) is 0 Å². The number of hydrogen-bond donors (Lipinski definition) is 2. The summed E-state index contributed by atoms with van der Waals surface area (Å²) >= 11 is 0. The van der Waals surface area contributed by atoms with Gasteiger partial charge in [-0.15, -0.1) is 0 Å². The molecule has 6 heteroatoms.